The van der Waals surface area contributed by atoms with Gasteiger partial charge in [-0.3, -0.25) is 0 Å². The van der Waals surface area contributed by atoms with Gasteiger partial charge in [-0.25, -0.2) is 0 Å². The van der Waals surface area contributed by atoms with E-state index in [2.05, 4.69) is 20.8 Å². The van der Waals surface area contributed by atoms with Crippen molar-refractivity contribution in [3.8, 4) is 0 Å². The van der Waals surface area contributed by atoms with Crippen LogP contribution in [0.25, 0.3) is 0 Å². The fourth-order valence-electron chi connectivity index (χ4n) is 2.56. The smallest absolute Gasteiger partial charge is 0.355 e. The number of hydrogen-bond acceptors (Lipinski definition) is 4. The van der Waals surface area contributed by atoms with Crippen molar-refractivity contribution in [3.63, 3.8) is 0 Å². The molecule has 0 saturated heterocycles. The molecule has 0 spiro atoms. The van der Waals surface area contributed by atoms with Crippen LogP contribution in [-0.4, -0.2) is 33.5 Å². The minimum absolute atomic E-state index is 0.0392. The summed E-state index contributed by atoms with van der Waals surface area (Å²) in [4.78, 5) is 0. The Morgan fingerprint density at radius 3 is 1.90 bits per heavy atom. The lowest BCUT2D eigenvalue weighted by atomic mass is 10.1. The Morgan fingerprint density at radius 1 is 0.950 bits per heavy atom. The fourth-order valence-corrected chi connectivity index (χ4v) is 6.35. The van der Waals surface area contributed by atoms with E-state index in [0.717, 1.165) is 31.7 Å². The third-order valence-electron chi connectivity index (χ3n) is 3.63. The van der Waals surface area contributed by atoms with E-state index in [1.54, 1.807) is 0 Å². The molecule has 0 bridgehead atoms. The molecule has 0 heterocycles. The molecule has 0 saturated carbocycles. The first-order valence-electron chi connectivity index (χ1n) is 8.20. The van der Waals surface area contributed by atoms with E-state index in [1.807, 2.05) is 13.8 Å². The normalized spacial score (nSPS) is 15.6. The topological polar surface area (TPSA) is 70.5 Å². The molecule has 0 aliphatic heterocycles. The summed E-state index contributed by atoms with van der Waals surface area (Å²) in [6.07, 6.45) is 4.01. The van der Waals surface area contributed by atoms with Gasteiger partial charge >= 0.3 is 8.56 Å². The molecular formula is C15H36N2O2Si. The molecule has 0 aromatic carbocycles. The molecule has 5 heteroatoms. The molecule has 0 aliphatic rings. The van der Waals surface area contributed by atoms with Gasteiger partial charge in [-0.05, 0) is 45.1 Å². The van der Waals surface area contributed by atoms with E-state index in [1.165, 1.54) is 0 Å². The predicted molar refractivity (Wildman–Crippen MR) is 88.7 cm³/mol. The van der Waals surface area contributed by atoms with E-state index in [-0.39, 0.29) is 11.7 Å². The molecular weight excluding hydrogens is 268 g/mol. The van der Waals surface area contributed by atoms with Crippen LogP contribution >= 0.6 is 0 Å². The predicted octanol–water partition coefficient (Wildman–Crippen LogP) is 2.93. The van der Waals surface area contributed by atoms with Gasteiger partial charge in [0.1, 0.15) is 0 Å². The van der Waals surface area contributed by atoms with Gasteiger partial charge < -0.3 is 20.3 Å². The Balaban J connectivity index is 4.83. The van der Waals surface area contributed by atoms with Crippen molar-refractivity contribution in [2.75, 3.05) is 13.2 Å². The van der Waals surface area contributed by atoms with Gasteiger partial charge in [-0.2, -0.15) is 0 Å². The molecule has 2 unspecified atom stereocenters. The first kappa shape index (κ1) is 20.1. The summed E-state index contributed by atoms with van der Waals surface area (Å²) >= 11 is 0. The Labute approximate surface area is 126 Å². The lowest BCUT2D eigenvalue weighted by Crippen LogP contribution is -2.59. The minimum Gasteiger partial charge on any atom is -0.394 e. The van der Waals surface area contributed by atoms with Crippen LogP contribution in [0.1, 0.15) is 60.3 Å². The van der Waals surface area contributed by atoms with Gasteiger partial charge in [0.15, 0.2) is 0 Å². The summed E-state index contributed by atoms with van der Waals surface area (Å²) in [5, 5.41) is 0. The SMILES string of the molecule is CCCC(N)CC(N)[Si](CCC(C)C)(OCC)OCC. The fraction of sp³-hybridized carbons (Fsp3) is 1.00. The van der Waals surface area contributed by atoms with Crippen molar-refractivity contribution in [1.29, 1.82) is 0 Å². The van der Waals surface area contributed by atoms with Crippen molar-refractivity contribution in [1.82, 2.24) is 0 Å². The molecule has 0 amide bonds. The Hall–Kier alpha value is 0.0569. The molecule has 0 aromatic heterocycles. The first-order chi connectivity index (χ1) is 9.41. The third-order valence-corrected chi connectivity index (χ3v) is 7.53. The van der Waals surface area contributed by atoms with Gasteiger partial charge in [0.25, 0.3) is 0 Å². The first-order valence-corrected chi connectivity index (χ1v) is 10.3. The van der Waals surface area contributed by atoms with E-state index in [4.69, 9.17) is 20.3 Å². The van der Waals surface area contributed by atoms with Crippen molar-refractivity contribution in [2.45, 2.75) is 78.1 Å². The second kappa shape index (κ2) is 10.7. The zero-order valence-electron chi connectivity index (χ0n) is 14.2. The summed E-state index contributed by atoms with van der Waals surface area (Å²) in [5.74, 6) is 0.638. The van der Waals surface area contributed by atoms with Gasteiger partial charge in [0.05, 0.1) is 0 Å². The van der Waals surface area contributed by atoms with Crippen LogP contribution in [0.3, 0.4) is 0 Å². The molecule has 2 atom stereocenters. The highest BCUT2D eigenvalue weighted by molar-refractivity contribution is 6.69. The number of nitrogens with two attached hydrogens (primary N) is 2. The molecule has 0 aromatic rings. The lowest BCUT2D eigenvalue weighted by molar-refractivity contribution is 0.168. The Bertz CT molecular complexity index is 234. The summed E-state index contributed by atoms with van der Waals surface area (Å²) in [7, 11) is -2.36. The molecule has 0 rings (SSSR count). The van der Waals surface area contributed by atoms with Gasteiger partial charge in [0, 0.05) is 24.9 Å². The zero-order valence-corrected chi connectivity index (χ0v) is 15.2. The largest absolute Gasteiger partial charge is 0.394 e. The van der Waals surface area contributed by atoms with Gasteiger partial charge in [0.2, 0.25) is 0 Å². The van der Waals surface area contributed by atoms with Crippen molar-refractivity contribution >= 4 is 8.56 Å². The van der Waals surface area contributed by atoms with Crippen LogP contribution in [0, 0.1) is 5.92 Å². The summed E-state index contributed by atoms with van der Waals surface area (Å²) in [5.41, 5.74) is 12.6. The summed E-state index contributed by atoms with van der Waals surface area (Å²) < 4.78 is 12.2. The van der Waals surface area contributed by atoms with Crippen LogP contribution in [-0.2, 0) is 8.85 Å². The molecule has 4 nitrogen and oxygen atoms in total. The van der Waals surface area contributed by atoms with Crippen LogP contribution in [0.2, 0.25) is 6.04 Å². The highest BCUT2D eigenvalue weighted by atomic mass is 28.4. The zero-order chi connectivity index (χ0) is 15.6. The third kappa shape index (κ3) is 7.18. The summed E-state index contributed by atoms with van der Waals surface area (Å²) in [6.45, 7) is 12.0. The summed E-state index contributed by atoms with van der Waals surface area (Å²) in [6, 6.07) is 1.12. The maximum atomic E-state index is 6.47. The standard InChI is InChI=1S/C15H36N2O2Si/c1-6-9-14(16)12-15(17)20(18-7-2,19-8-3)11-10-13(4)5/h13-15H,6-12,16-17H2,1-5H3. The van der Waals surface area contributed by atoms with Crippen molar-refractivity contribution in [2.24, 2.45) is 17.4 Å². The average Bonchev–Trinajstić information content (AvgIpc) is 2.36. The van der Waals surface area contributed by atoms with E-state index in [9.17, 15) is 0 Å². The lowest BCUT2D eigenvalue weighted by Gasteiger charge is -2.36. The molecule has 0 radical (unpaired) electrons. The average molecular weight is 305 g/mol. The maximum Gasteiger partial charge on any atom is 0.355 e. The number of rotatable bonds is 12. The second-order valence-corrected chi connectivity index (χ2v) is 9.44. The van der Waals surface area contributed by atoms with Gasteiger partial charge in [-0.15, -0.1) is 0 Å². The van der Waals surface area contributed by atoms with E-state index in [0.29, 0.717) is 19.1 Å². The second-order valence-electron chi connectivity index (χ2n) is 6.00. The quantitative estimate of drug-likeness (QED) is 0.544. The molecule has 20 heavy (non-hydrogen) atoms. The van der Waals surface area contributed by atoms with Gasteiger partial charge in [-0.1, -0.05) is 27.2 Å². The minimum atomic E-state index is -2.36. The molecule has 4 N–H and O–H groups in total. The van der Waals surface area contributed by atoms with Crippen LogP contribution in [0.5, 0.6) is 0 Å². The van der Waals surface area contributed by atoms with Crippen LogP contribution in [0.15, 0.2) is 0 Å². The van der Waals surface area contributed by atoms with Crippen molar-refractivity contribution < 1.29 is 8.85 Å². The van der Waals surface area contributed by atoms with Crippen LogP contribution < -0.4 is 11.5 Å². The van der Waals surface area contributed by atoms with Crippen LogP contribution in [0.4, 0.5) is 0 Å². The maximum absolute atomic E-state index is 6.47. The van der Waals surface area contributed by atoms with E-state index >= 15 is 0 Å². The molecule has 122 valence electrons. The highest BCUT2D eigenvalue weighted by Gasteiger charge is 2.44. The highest BCUT2D eigenvalue weighted by Crippen LogP contribution is 2.25. The molecule has 0 aliphatic carbocycles. The Kier molecular flexibility index (Phi) is 10.8. The number of hydrogen-bond donors (Lipinski definition) is 2. The van der Waals surface area contributed by atoms with Crippen molar-refractivity contribution in [3.05, 3.63) is 0 Å². The Morgan fingerprint density at radius 2 is 1.50 bits per heavy atom. The molecule has 0 fully saturated rings. The monoisotopic (exact) mass is 304 g/mol. The van der Waals surface area contributed by atoms with E-state index < -0.39 is 8.56 Å².